The molecule has 140 valence electrons. The Labute approximate surface area is 159 Å². The average molecular weight is 374 g/mol. The number of aromatic nitrogens is 1. The fraction of sp³-hybridized carbons (Fsp3) is 0.421. The number of guanidine groups is 1. The number of nitrogens with zero attached hydrogens (tertiary/aromatic N) is 2. The summed E-state index contributed by atoms with van der Waals surface area (Å²) in [4.78, 5) is 22.1. The Morgan fingerprint density at radius 2 is 1.81 bits per heavy atom. The predicted molar refractivity (Wildman–Crippen MR) is 108 cm³/mol. The third-order valence-electron chi connectivity index (χ3n) is 3.67. The molecule has 1 heterocycles. The fourth-order valence-corrected chi connectivity index (χ4v) is 3.09. The van der Waals surface area contributed by atoms with E-state index in [9.17, 15) is 4.79 Å². The van der Waals surface area contributed by atoms with Crippen molar-refractivity contribution in [1.29, 1.82) is 0 Å². The van der Waals surface area contributed by atoms with Gasteiger partial charge in [-0.2, -0.15) is 0 Å². The van der Waals surface area contributed by atoms with Gasteiger partial charge in [0, 0.05) is 29.7 Å². The van der Waals surface area contributed by atoms with Crippen molar-refractivity contribution in [1.82, 2.24) is 20.9 Å². The molecule has 0 atom stereocenters. The Morgan fingerprint density at radius 3 is 2.42 bits per heavy atom. The fourth-order valence-electron chi connectivity index (χ4n) is 2.29. The van der Waals surface area contributed by atoms with Gasteiger partial charge in [-0.3, -0.25) is 4.79 Å². The average Bonchev–Trinajstić information content (AvgIpc) is 3.13. The molecule has 0 aliphatic rings. The van der Waals surface area contributed by atoms with E-state index in [-0.39, 0.29) is 5.91 Å². The van der Waals surface area contributed by atoms with Crippen LogP contribution in [0.25, 0.3) is 0 Å². The Balaban J connectivity index is 1.94. The van der Waals surface area contributed by atoms with Crippen LogP contribution in [-0.4, -0.2) is 29.9 Å². The van der Waals surface area contributed by atoms with E-state index in [0.717, 1.165) is 29.5 Å². The highest BCUT2D eigenvalue weighted by molar-refractivity contribution is 7.11. The molecule has 26 heavy (non-hydrogen) atoms. The summed E-state index contributed by atoms with van der Waals surface area (Å²) >= 11 is 1.72. The molecule has 0 aliphatic heterocycles. The highest BCUT2D eigenvalue weighted by atomic mass is 32.1. The topological polar surface area (TPSA) is 78.4 Å². The first-order chi connectivity index (χ1) is 12.7. The third-order valence-corrected chi connectivity index (χ3v) is 4.82. The zero-order valence-electron chi connectivity index (χ0n) is 15.6. The van der Waals surface area contributed by atoms with Crippen molar-refractivity contribution in [3.05, 3.63) is 51.5 Å². The number of hydrogen-bond acceptors (Lipinski definition) is 4. The molecule has 0 radical (unpaired) electrons. The lowest BCUT2D eigenvalue weighted by Crippen LogP contribution is -2.36. The molecule has 1 aromatic heterocycles. The van der Waals surface area contributed by atoms with Crippen LogP contribution in [0.4, 0.5) is 0 Å². The number of benzene rings is 1. The van der Waals surface area contributed by atoms with Gasteiger partial charge >= 0.3 is 0 Å². The van der Waals surface area contributed by atoms with E-state index in [0.29, 0.717) is 25.2 Å². The van der Waals surface area contributed by atoms with Crippen LogP contribution in [0, 0.1) is 0 Å². The molecule has 1 amide bonds. The first-order valence-electron chi connectivity index (χ1n) is 8.99. The maximum atomic E-state index is 11.8. The minimum absolute atomic E-state index is 0.0487. The molecule has 0 spiro atoms. The van der Waals surface area contributed by atoms with Gasteiger partial charge in [-0.25, -0.2) is 9.98 Å². The van der Waals surface area contributed by atoms with Crippen LogP contribution in [0.2, 0.25) is 0 Å². The first kappa shape index (κ1) is 19.9. The van der Waals surface area contributed by atoms with Crippen molar-refractivity contribution >= 4 is 23.2 Å². The van der Waals surface area contributed by atoms with E-state index in [1.807, 2.05) is 44.3 Å². The van der Waals surface area contributed by atoms with Crippen molar-refractivity contribution in [3.63, 3.8) is 0 Å². The molecular formula is C19H27N5OS. The Bertz CT molecular complexity index is 724. The summed E-state index contributed by atoms with van der Waals surface area (Å²) < 4.78 is 0. The molecule has 3 N–H and O–H groups in total. The largest absolute Gasteiger partial charge is 0.357 e. The van der Waals surface area contributed by atoms with Crippen LogP contribution < -0.4 is 16.0 Å². The van der Waals surface area contributed by atoms with Gasteiger partial charge in [-0.15, -0.1) is 11.3 Å². The Kier molecular flexibility index (Phi) is 8.08. The van der Waals surface area contributed by atoms with Gasteiger partial charge in [0.2, 0.25) is 0 Å². The zero-order chi connectivity index (χ0) is 18.8. The second kappa shape index (κ2) is 10.6. The smallest absolute Gasteiger partial charge is 0.251 e. The maximum absolute atomic E-state index is 11.8. The number of carbonyl (C=O) groups is 1. The molecule has 0 saturated carbocycles. The SMILES string of the molecule is CCNC(=O)c1ccc(CN=C(NCC)NCc2ncc(CC)s2)cc1. The number of aliphatic imine (C=N–C) groups is 1. The standard InChI is InChI=1S/C19H27N5OS/c1-4-16-12-22-17(26-16)13-24-19(21-6-3)23-11-14-7-9-15(10-8-14)18(25)20-5-2/h7-10,12H,4-6,11,13H2,1-3H3,(H,20,25)(H2,21,23,24). The molecule has 0 aliphatic carbocycles. The molecule has 2 rings (SSSR count). The summed E-state index contributed by atoms with van der Waals surface area (Å²) in [5, 5.41) is 10.4. The van der Waals surface area contributed by atoms with E-state index < -0.39 is 0 Å². The lowest BCUT2D eigenvalue weighted by atomic mass is 10.1. The van der Waals surface area contributed by atoms with Crippen LogP contribution in [-0.2, 0) is 19.5 Å². The molecule has 0 unspecified atom stereocenters. The van der Waals surface area contributed by atoms with E-state index >= 15 is 0 Å². The molecule has 2 aromatic rings. The number of nitrogens with one attached hydrogen (secondary N) is 3. The van der Waals surface area contributed by atoms with Gasteiger partial charge in [0.25, 0.3) is 5.91 Å². The van der Waals surface area contributed by atoms with Gasteiger partial charge in [-0.1, -0.05) is 19.1 Å². The number of carbonyl (C=O) groups excluding carboxylic acids is 1. The van der Waals surface area contributed by atoms with Gasteiger partial charge in [0.1, 0.15) is 5.01 Å². The maximum Gasteiger partial charge on any atom is 0.251 e. The van der Waals surface area contributed by atoms with Crippen LogP contribution in [0.1, 0.15) is 46.6 Å². The minimum atomic E-state index is -0.0487. The molecule has 6 nitrogen and oxygen atoms in total. The van der Waals surface area contributed by atoms with Crippen molar-refractivity contribution in [2.45, 2.75) is 40.3 Å². The van der Waals surface area contributed by atoms with Crippen LogP contribution in [0.5, 0.6) is 0 Å². The molecule has 7 heteroatoms. The molecule has 0 fully saturated rings. The Hall–Kier alpha value is -2.41. The number of aryl methyl sites for hydroxylation is 1. The van der Waals surface area contributed by atoms with E-state index in [2.05, 4.69) is 32.9 Å². The minimum Gasteiger partial charge on any atom is -0.357 e. The molecular weight excluding hydrogens is 346 g/mol. The van der Waals surface area contributed by atoms with Gasteiger partial charge in [0.05, 0.1) is 13.1 Å². The summed E-state index contributed by atoms with van der Waals surface area (Å²) in [5.74, 6) is 0.709. The van der Waals surface area contributed by atoms with Gasteiger partial charge in [0.15, 0.2) is 5.96 Å². The molecule has 0 bridgehead atoms. The summed E-state index contributed by atoms with van der Waals surface area (Å²) in [6.07, 6.45) is 2.94. The second-order valence-electron chi connectivity index (χ2n) is 5.68. The van der Waals surface area contributed by atoms with Crippen molar-refractivity contribution in [2.24, 2.45) is 4.99 Å². The monoisotopic (exact) mass is 373 g/mol. The summed E-state index contributed by atoms with van der Waals surface area (Å²) in [7, 11) is 0. The van der Waals surface area contributed by atoms with Gasteiger partial charge in [-0.05, 0) is 38.0 Å². The highest BCUT2D eigenvalue weighted by Crippen LogP contribution is 2.12. The van der Waals surface area contributed by atoms with Crippen molar-refractivity contribution in [3.8, 4) is 0 Å². The number of amides is 1. The number of hydrogen-bond donors (Lipinski definition) is 3. The normalized spacial score (nSPS) is 11.3. The molecule has 1 aromatic carbocycles. The van der Waals surface area contributed by atoms with Crippen LogP contribution in [0.15, 0.2) is 35.5 Å². The second-order valence-corrected chi connectivity index (χ2v) is 6.88. The van der Waals surface area contributed by atoms with E-state index in [1.54, 1.807) is 11.3 Å². The number of thiazole rings is 1. The summed E-state index contributed by atoms with van der Waals surface area (Å²) in [5.41, 5.74) is 1.72. The lowest BCUT2D eigenvalue weighted by Gasteiger charge is -2.10. The Morgan fingerprint density at radius 1 is 1.08 bits per heavy atom. The third kappa shape index (κ3) is 6.15. The van der Waals surface area contributed by atoms with Crippen molar-refractivity contribution in [2.75, 3.05) is 13.1 Å². The summed E-state index contributed by atoms with van der Waals surface area (Å²) in [6.45, 7) is 8.70. The van der Waals surface area contributed by atoms with Crippen LogP contribution in [0.3, 0.4) is 0 Å². The predicted octanol–water partition coefficient (Wildman–Crippen LogP) is 2.71. The number of rotatable bonds is 8. The molecule has 0 saturated heterocycles. The zero-order valence-corrected chi connectivity index (χ0v) is 16.4. The highest BCUT2D eigenvalue weighted by Gasteiger charge is 2.05. The van der Waals surface area contributed by atoms with Gasteiger partial charge < -0.3 is 16.0 Å². The first-order valence-corrected chi connectivity index (χ1v) is 9.80. The summed E-state index contributed by atoms with van der Waals surface area (Å²) in [6, 6.07) is 7.54. The van der Waals surface area contributed by atoms with Crippen molar-refractivity contribution < 1.29 is 4.79 Å². The van der Waals surface area contributed by atoms with E-state index in [4.69, 9.17) is 0 Å². The quantitative estimate of drug-likeness (QED) is 0.491. The van der Waals surface area contributed by atoms with Crippen LogP contribution >= 0.6 is 11.3 Å². The lowest BCUT2D eigenvalue weighted by molar-refractivity contribution is 0.0956. The van der Waals surface area contributed by atoms with E-state index in [1.165, 1.54) is 4.88 Å².